The van der Waals surface area contributed by atoms with E-state index in [1.54, 1.807) is 17.9 Å². The summed E-state index contributed by atoms with van der Waals surface area (Å²) >= 11 is 0. The summed E-state index contributed by atoms with van der Waals surface area (Å²) in [4.78, 5) is 29.9. The molecular weight excluding hydrogens is 402 g/mol. The molecule has 1 heterocycles. The van der Waals surface area contributed by atoms with Crippen LogP contribution in [0.2, 0.25) is 0 Å². The molecule has 0 aliphatic carbocycles. The number of esters is 1. The number of nitrogens with zero attached hydrogens (tertiary/aromatic N) is 2. The first-order valence-corrected chi connectivity index (χ1v) is 10.8. The lowest BCUT2D eigenvalue weighted by Crippen LogP contribution is -2.50. The highest BCUT2D eigenvalue weighted by Gasteiger charge is 2.38. The van der Waals surface area contributed by atoms with E-state index in [0.717, 1.165) is 16.7 Å². The lowest BCUT2D eigenvalue weighted by molar-refractivity contribution is -0.139. The lowest BCUT2D eigenvalue weighted by atomic mass is 9.93. The molecule has 0 bridgehead atoms. The van der Waals surface area contributed by atoms with Gasteiger partial charge in [-0.15, -0.1) is 6.58 Å². The van der Waals surface area contributed by atoms with E-state index in [0.29, 0.717) is 30.9 Å². The van der Waals surface area contributed by atoms with Crippen LogP contribution in [-0.2, 0) is 16.1 Å². The SMILES string of the molecule is C=CCN1C(=O)NC(c2ccc(C)cc2)C(C(=O)OCC)=C1CN(C)Cc1ccccc1. The molecule has 1 unspecified atom stereocenters. The Labute approximate surface area is 190 Å². The quantitative estimate of drug-likeness (QED) is 0.476. The van der Waals surface area contributed by atoms with Gasteiger partial charge < -0.3 is 10.1 Å². The van der Waals surface area contributed by atoms with E-state index in [-0.39, 0.29) is 12.6 Å². The molecular formula is C26H31N3O3. The molecule has 6 heteroatoms. The monoisotopic (exact) mass is 433 g/mol. The number of urea groups is 1. The van der Waals surface area contributed by atoms with E-state index in [4.69, 9.17) is 4.74 Å². The third kappa shape index (κ3) is 5.45. The summed E-state index contributed by atoms with van der Waals surface area (Å²) in [5.74, 6) is -0.421. The number of likely N-dealkylation sites (N-methyl/N-ethyl adjacent to an activating group) is 1. The van der Waals surface area contributed by atoms with Gasteiger partial charge >= 0.3 is 12.0 Å². The van der Waals surface area contributed by atoms with Crippen LogP contribution in [-0.4, -0.2) is 48.5 Å². The summed E-state index contributed by atoms with van der Waals surface area (Å²) in [7, 11) is 1.97. The van der Waals surface area contributed by atoms with E-state index < -0.39 is 12.0 Å². The van der Waals surface area contributed by atoms with Crippen molar-refractivity contribution in [3.63, 3.8) is 0 Å². The fourth-order valence-corrected chi connectivity index (χ4v) is 3.86. The Hall–Kier alpha value is -3.38. The summed E-state index contributed by atoms with van der Waals surface area (Å²) in [6, 6.07) is 17.1. The van der Waals surface area contributed by atoms with Gasteiger partial charge in [-0.25, -0.2) is 9.59 Å². The van der Waals surface area contributed by atoms with E-state index in [1.807, 2.05) is 56.4 Å². The van der Waals surface area contributed by atoms with Gasteiger partial charge in [0.1, 0.15) is 0 Å². The van der Waals surface area contributed by atoms with Crippen molar-refractivity contribution in [2.75, 3.05) is 26.7 Å². The number of rotatable bonds is 9. The topological polar surface area (TPSA) is 61.9 Å². The molecule has 2 aromatic rings. The van der Waals surface area contributed by atoms with Crippen LogP contribution in [0.5, 0.6) is 0 Å². The van der Waals surface area contributed by atoms with Crippen molar-refractivity contribution in [1.29, 1.82) is 0 Å². The highest BCUT2D eigenvalue weighted by molar-refractivity contribution is 5.95. The zero-order valence-electron chi connectivity index (χ0n) is 19.0. The van der Waals surface area contributed by atoms with E-state index in [9.17, 15) is 9.59 Å². The highest BCUT2D eigenvalue weighted by Crippen LogP contribution is 2.32. The van der Waals surface area contributed by atoms with Crippen LogP contribution in [0.1, 0.15) is 29.7 Å². The molecule has 0 saturated heterocycles. The van der Waals surface area contributed by atoms with Crippen LogP contribution in [0.25, 0.3) is 0 Å². The molecule has 0 aromatic heterocycles. The summed E-state index contributed by atoms with van der Waals surface area (Å²) in [6.45, 7) is 9.21. The second-order valence-electron chi connectivity index (χ2n) is 7.93. The fraction of sp³-hybridized carbons (Fsp3) is 0.308. The van der Waals surface area contributed by atoms with Gasteiger partial charge in [0.2, 0.25) is 0 Å². The van der Waals surface area contributed by atoms with Gasteiger partial charge in [-0.2, -0.15) is 0 Å². The summed E-state index contributed by atoms with van der Waals surface area (Å²) in [6.07, 6.45) is 1.66. The Morgan fingerprint density at radius 2 is 1.84 bits per heavy atom. The van der Waals surface area contributed by atoms with Gasteiger partial charge in [0.25, 0.3) is 0 Å². The first kappa shape index (κ1) is 23.3. The molecule has 32 heavy (non-hydrogen) atoms. The number of nitrogens with one attached hydrogen (secondary N) is 1. The van der Waals surface area contributed by atoms with Crippen molar-refractivity contribution in [3.05, 3.63) is 95.2 Å². The molecule has 3 rings (SSSR count). The number of ether oxygens (including phenoxy) is 1. The van der Waals surface area contributed by atoms with Gasteiger partial charge in [0.05, 0.1) is 18.2 Å². The molecule has 0 spiro atoms. The van der Waals surface area contributed by atoms with Crippen LogP contribution < -0.4 is 5.32 Å². The standard InChI is InChI=1S/C26H31N3O3/c1-5-16-29-22(18-28(4)17-20-10-8-7-9-11-20)23(25(30)32-6-2)24(27-26(29)31)21-14-12-19(3)13-15-21/h5,7-15,24H,1,6,16-18H2,2-4H3,(H,27,31). The van der Waals surface area contributed by atoms with Gasteiger partial charge in [-0.05, 0) is 32.0 Å². The van der Waals surface area contributed by atoms with Crippen LogP contribution in [0, 0.1) is 6.92 Å². The normalized spacial score (nSPS) is 16.2. The van der Waals surface area contributed by atoms with Crippen molar-refractivity contribution in [2.45, 2.75) is 26.4 Å². The Morgan fingerprint density at radius 1 is 1.16 bits per heavy atom. The molecule has 1 aliphatic heterocycles. The largest absolute Gasteiger partial charge is 0.463 e. The Kier molecular flexibility index (Phi) is 7.84. The minimum Gasteiger partial charge on any atom is -0.463 e. The van der Waals surface area contributed by atoms with Crippen molar-refractivity contribution < 1.29 is 14.3 Å². The summed E-state index contributed by atoms with van der Waals surface area (Å²) < 4.78 is 5.43. The zero-order chi connectivity index (χ0) is 23.1. The molecule has 2 amide bonds. The average Bonchev–Trinajstić information content (AvgIpc) is 2.77. The lowest BCUT2D eigenvalue weighted by Gasteiger charge is -2.37. The number of carbonyl (C=O) groups excluding carboxylic acids is 2. The predicted molar refractivity (Wildman–Crippen MR) is 126 cm³/mol. The molecule has 168 valence electrons. The molecule has 0 saturated carbocycles. The Bertz CT molecular complexity index is 983. The summed E-state index contributed by atoms with van der Waals surface area (Å²) in [5.41, 5.74) is 4.19. The van der Waals surface area contributed by atoms with Gasteiger partial charge in [-0.3, -0.25) is 9.80 Å². The first-order valence-electron chi connectivity index (χ1n) is 10.8. The number of benzene rings is 2. The molecule has 0 radical (unpaired) electrons. The predicted octanol–water partition coefficient (Wildman–Crippen LogP) is 4.20. The number of hydrogen-bond acceptors (Lipinski definition) is 4. The molecule has 1 N–H and O–H groups in total. The maximum Gasteiger partial charge on any atom is 0.338 e. The number of hydrogen-bond donors (Lipinski definition) is 1. The Balaban J connectivity index is 2.05. The van der Waals surface area contributed by atoms with E-state index in [2.05, 4.69) is 28.9 Å². The maximum atomic E-state index is 13.2. The minimum atomic E-state index is -0.580. The highest BCUT2D eigenvalue weighted by atomic mass is 16.5. The van der Waals surface area contributed by atoms with Gasteiger partial charge in [0, 0.05) is 25.3 Å². The van der Waals surface area contributed by atoms with Crippen molar-refractivity contribution in [2.24, 2.45) is 0 Å². The third-order valence-corrected chi connectivity index (χ3v) is 5.37. The van der Waals surface area contributed by atoms with Gasteiger partial charge in [0.15, 0.2) is 0 Å². The molecule has 6 nitrogen and oxygen atoms in total. The van der Waals surface area contributed by atoms with Crippen LogP contribution in [0.15, 0.2) is 78.5 Å². The second kappa shape index (κ2) is 10.8. The van der Waals surface area contributed by atoms with Crippen LogP contribution >= 0.6 is 0 Å². The van der Waals surface area contributed by atoms with Crippen LogP contribution in [0.3, 0.4) is 0 Å². The van der Waals surface area contributed by atoms with Gasteiger partial charge in [-0.1, -0.05) is 66.2 Å². The van der Waals surface area contributed by atoms with Crippen molar-refractivity contribution in [3.8, 4) is 0 Å². The average molecular weight is 434 g/mol. The molecule has 1 atom stereocenters. The number of carbonyl (C=O) groups is 2. The minimum absolute atomic E-state index is 0.255. The fourth-order valence-electron chi connectivity index (χ4n) is 3.86. The first-order chi connectivity index (χ1) is 15.4. The Morgan fingerprint density at radius 3 is 2.47 bits per heavy atom. The number of aryl methyl sites for hydroxylation is 1. The van der Waals surface area contributed by atoms with Crippen molar-refractivity contribution in [1.82, 2.24) is 15.1 Å². The summed E-state index contributed by atoms with van der Waals surface area (Å²) in [5, 5.41) is 2.99. The molecule has 0 fully saturated rings. The zero-order valence-corrected chi connectivity index (χ0v) is 19.0. The molecule has 1 aliphatic rings. The van der Waals surface area contributed by atoms with Crippen LogP contribution in [0.4, 0.5) is 4.79 Å². The number of amides is 2. The van der Waals surface area contributed by atoms with Crippen molar-refractivity contribution >= 4 is 12.0 Å². The second-order valence-corrected chi connectivity index (χ2v) is 7.93. The van der Waals surface area contributed by atoms with E-state index >= 15 is 0 Å². The smallest absolute Gasteiger partial charge is 0.338 e. The molecule has 2 aromatic carbocycles. The van der Waals surface area contributed by atoms with E-state index in [1.165, 1.54) is 0 Å². The maximum absolute atomic E-state index is 13.2. The third-order valence-electron chi connectivity index (χ3n) is 5.37.